The van der Waals surface area contributed by atoms with Crippen LogP contribution in [-0.2, 0) is 6.42 Å². The van der Waals surface area contributed by atoms with Crippen LogP contribution < -0.4 is 4.90 Å². The van der Waals surface area contributed by atoms with Crippen molar-refractivity contribution in [1.29, 1.82) is 0 Å². The van der Waals surface area contributed by atoms with Crippen molar-refractivity contribution in [3.8, 4) is 11.4 Å². The summed E-state index contributed by atoms with van der Waals surface area (Å²) in [6.07, 6.45) is -0.486. The summed E-state index contributed by atoms with van der Waals surface area (Å²) in [6, 6.07) is 9.18. The molecule has 0 fully saturated rings. The van der Waals surface area contributed by atoms with Gasteiger partial charge in [0.1, 0.15) is 11.0 Å². The van der Waals surface area contributed by atoms with Gasteiger partial charge in [-0.05, 0) is 13.3 Å². The summed E-state index contributed by atoms with van der Waals surface area (Å²) < 4.78 is 0. The average Bonchev–Trinajstić information content (AvgIpc) is 2.76. The molecule has 1 atom stereocenters. The molecule has 3 rings (SSSR count). The van der Waals surface area contributed by atoms with Crippen LogP contribution in [0.3, 0.4) is 0 Å². The van der Waals surface area contributed by atoms with E-state index >= 15 is 0 Å². The molecular weight excluding hydrogens is 278 g/mol. The molecule has 0 radical (unpaired) electrons. The van der Waals surface area contributed by atoms with Crippen LogP contribution in [-0.4, -0.2) is 27.2 Å². The third-order valence-electron chi connectivity index (χ3n) is 3.34. The second-order valence-corrected chi connectivity index (χ2v) is 5.07. The largest absolute Gasteiger partial charge is 0.465 e. The van der Waals surface area contributed by atoms with E-state index in [1.54, 1.807) is 0 Å². The van der Waals surface area contributed by atoms with E-state index in [1.165, 1.54) is 4.90 Å². The van der Waals surface area contributed by atoms with E-state index in [-0.39, 0.29) is 6.04 Å². The molecule has 1 N–H and O–H groups in total. The van der Waals surface area contributed by atoms with Gasteiger partial charge in [-0.2, -0.15) is 0 Å². The number of carboxylic acid groups (broad SMARTS) is 1. The van der Waals surface area contributed by atoms with Crippen molar-refractivity contribution < 1.29 is 9.90 Å². The summed E-state index contributed by atoms with van der Waals surface area (Å²) in [6.45, 7) is 1.83. The Hall–Kier alpha value is -2.14. The highest BCUT2D eigenvalue weighted by Gasteiger charge is 2.35. The fraction of sp³-hybridized carbons (Fsp3) is 0.214. The molecule has 2 heterocycles. The first-order valence-corrected chi connectivity index (χ1v) is 6.59. The van der Waals surface area contributed by atoms with Gasteiger partial charge in [0.2, 0.25) is 0 Å². The minimum absolute atomic E-state index is 0.180. The second-order valence-electron chi connectivity index (χ2n) is 4.71. The number of rotatable bonds is 1. The predicted molar refractivity (Wildman–Crippen MR) is 76.1 cm³/mol. The molecular formula is C14H12ClN3O2. The van der Waals surface area contributed by atoms with Gasteiger partial charge in [-0.1, -0.05) is 41.9 Å². The number of halogens is 1. The molecule has 1 aromatic carbocycles. The van der Waals surface area contributed by atoms with Gasteiger partial charge in [-0.3, -0.25) is 4.90 Å². The molecule has 5 nitrogen and oxygen atoms in total. The maximum Gasteiger partial charge on any atom is 0.413 e. The van der Waals surface area contributed by atoms with Crippen molar-refractivity contribution in [1.82, 2.24) is 9.97 Å². The number of anilines is 1. The zero-order valence-electron chi connectivity index (χ0n) is 10.7. The summed E-state index contributed by atoms with van der Waals surface area (Å²) >= 11 is 6.19. The van der Waals surface area contributed by atoms with Crippen molar-refractivity contribution in [3.63, 3.8) is 0 Å². The van der Waals surface area contributed by atoms with Gasteiger partial charge < -0.3 is 5.11 Å². The molecule has 1 aromatic heterocycles. The molecule has 0 aliphatic carbocycles. The Bertz CT molecular complexity index is 676. The lowest BCUT2D eigenvalue weighted by molar-refractivity contribution is 0.200. The summed E-state index contributed by atoms with van der Waals surface area (Å²) in [7, 11) is 0. The molecule has 0 saturated carbocycles. The summed E-state index contributed by atoms with van der Waals surface area (Å²) in [5.41, 5.74) is 1.50. The maximum absolute atomic E-state index is 11.4. The smallest absolute Gasteiger partial charge is 0.413 e. The average molecular weight is 290 g/mol. The van der Waals surface area contributed by atoms with Gasteiger partial charge in [0.25, 0.3) is 0 Å². The van der Waals surface area contributed by atoms with Crippen LogP contribution in [0.2, 0.25) is 5.15 Å². The van der Waals surface area contributed by atoms with E-state index in [4.69, 9.17) is 11.6 Å². The molecule has 2 aromatic rings. The predicted octanol–water partition coefficient (Wildman–Crippen LogP) is 3.23. The molecule has 1 amide bonds. The SMILES string of the molecule is CC1Cc2c(Cl)nc(-c3ccccc3)nc2N1C(=O)O. The van der Waals surface area contributed by atoms with Crippen LogP contribution in [0.15, 0.2) is 30.3 Å². The number of aromatic nitrogens is 2. The van der Waals surface area contributed by atoms with Gasteiger partial charge in [-0.25, -0.2) is 14.8 Å². The summed E-state index contributed by atoms with van der Waals surface area (Å²) in [4.78, 5) is 21.3. The highest BCUT2D eigenvalue weighted by Crippen LogP contribution is 2.36. The molecule has 20 heavy (non-hydrogen) atoms. The van der Waals surface area contributed by atoms with Crippen molar-refractivity contribution in [3.05, 3.63) is 41.0 Å². The Morgan fingerprint density at radius 2 is 2.05 bits per heavy atom. The molecule has 0 spiro atoms. The lowest BCUT2D eigenvalue weighted by atomic mass is 10.2. The minimum Gasteiger partial charge on any atom is -0.465 e. The first kappa shape index (κ1) is 12.9. The third kappa shape index (κ3) is 2.00. The van der Waals surface area contributed by atoms with Crippen LogP contribution in [0.1, 0.15) is 12.5 Å². The van der Waals surface area contributed by atoms with Crippen LogP contribution in [0.5, 0.6) is 0 Å². The Balaban J connectivity index is 2.15. The molecule has 102 valence electrons. The normalized spacial score (nSPS) is 17.1. The van der Waals surface area contributed by atoms with Crippen molar-refractivity contribution in [2.45, 2.75) is 19.4 Å². The zero-order chi connectivity index (χ0) is 14.3. The molecule has 0 bridgehead atoms. The van der Waals surface area contributed by atoms with Gasteiger partial charge in [-0.15, -0.1) is 0 Å². The van der Waals surface area contributed by atoms with Gasteiger partial charge in [0.15, 0.2) is 5.82 Å². The monoisotopic (exact) mass is 289 g/mol. The highest BCUT2D eigenvalue weighted by molar-refractivity contribution is 6.30. The highest BCUT2D eigenvalue weighted by atomic mass is 35.5. The minimum atomic E-state index is -1.02. The van der Waals surface area contributed by atoms with Gasteiger partial charge >= 0.3 is 6.09 Å². The molecule has 1 unspecified atom stereocenters. The van der Waals surface area contributed by atoms with Crippen LogP contribution in [0.25, 0.3) is 11.4 Å². The zero-order valence-corrected chi connectivity index (χ0v) is 11.5. The molecule has 6 heteroatoms. The number of nitrogens with zero attached hydrogens (tertiary/aromatic N) is 3. The van der Waals surface area contributed by atoms with Crippen molar-refractivity contribution in [2.24, 2.45) is 0 Å². The number of amides is 1. The summed E-state index contributed by atoms with van der Waals surface area (Å²) in [5.74, 6) is 0.832. The fourth-order valence-corrected chi connectivity index (χ4v) is 2.65. The second kappa shape index (κ2) is 4.76. The number of fused-ring (bicyclic) bond motifs is 1. The lowest BCUT2D eigenvalue weighted by Gasteiger charge is -2.17. The van der Waals surface area contributed by atoms with Crippen molar-refractivity contribution >= 4 is 23.5 Å². The Kier molecular flexibility index (Phi) is 3.06. The quantitative estimate of drug-likeness (QED) is 0.819. The number of benzene rings is 1. The number of hydrogen-bond donors (Lipinski definition) is 1. The Labute approximate surface area is 120 Å². The van der Waals surface area contributed by atoms with Crippen molar-refractivity contribution in [2.75, 3.05) is 4.90 Å². The van der Waals surface area contributed by atoms with E-state index in [1.807, 2.05) is 37.3 Å². The van der Waals surface area contributed by atoms with E-state index in [0.717, 1.165) is 5.56 Å². The van der Waals surface area contributed by atoms with E-state index in [2.05, 4.69) is 9.97 Å². The molecule has 0 saturated heterocycles. The van der Waals surface area contributed by atoms with Gasteiger partial charge in [0.05, 0.1) is 0 Å². The number of carbonyl (C=O) groups is 1. The third-order valence-corrected chi connectivity index (χ3v) is 3.65. The lowest BCUT2D eigenvalue weighted by Crippen LogP contribution is -2.34. The fourth-order valence-electron chi connectivity index (χ4n) is 2.41. The Morgan fingerprint density at radius 1 is 1.35 bits per heavy atom. The van der Waals surface area contributed by atoms with E-state index < -0.39 is 6.09 Å². The van der Waals surface area contributed by atoms with Gasteiger partial charge in [0, 0.05) is 17.2 Å². The molecule has 1 aliphatic heterocycles. The van der Waals surface area contributed by atoms with E-state index in [9.17, 15) is 9.90 Å². The summed E-state index contributed by atoms with van der Waals surface area (Å²) in [5, 5.41) is 9.63. The van der Waals surface area contributed by atoms with Crippen LogP contribution in [0, 0.1) is 0 Å². The first-order chi connectivity index (χ1) is 9.58. The number of hydrogen-bond acceptors (Lipinski definition) is 3. The maximum atomic E-state index is 11.4. The van der Waals surface area contributed by atoms with E-state index in [0.29, 0.717) is 28.8 Å². The standard InChI is InChI=1S/C14H12ClN3O2/c1-8-7-10-11(15)16-12(9-5-3-2-4-6-9)17-13(10)18(8)14(19)20/h2-6,8H,7H2,1H3,(H,19,20). The van der Waals surface area contributed by atoms with Crippen LogP contribution in [0.4, 0.5) is 10.6 Å². The molecule has 1 aliphatic rings. The van der Waals surface area contributed by atoms with Crippen LogP contribution >= 0.6 is 11.6 Å². The Morgan fingerprint density at radius 3 is 2.70 bits per heavy atom. The first-order valence-electron chi connectivity index (χ1n) is 6.22. The topological polar surface area (TPSA) is 66.3 Å².